The normalized spacial score (nSPS) is 10.5. The molecule has 0 spiro atoms. The van der Waals surface area contributed by atoms with E-state index >= 15 is 0 Å². The molecule has 0 atom stereocenters. The second-order valence-electron chi connectivity index (χ2n) is 5.75. The minimum absolute atomic E-state index is 0.342. The van der Waals surface area contributed by atoms with Gasteiger partial charge < -0.3 is 14.6 Å². The molecule has 0 aliphatic carbocycles. The maximum Gasteiger partial charge on any atom is 0.407 e. The van der Waals surface area contributed by atoms with E-state index < -0.39 is 11.7 Å². The van der Waals surface area contributed by atoms with Gasteiger partial charge in [-0.3, -0.25) is 4.98 Å². The van der Waals surface area contributed by atoms with Gasteiger partial charge in [0.2, 0.25) is 0 Å². The number of ether oxygens (including phenoxy) is 1. The number of carbonyl (C=O) groups excluding carboxylic acids is 1. The van der Waals surface area contributed by atoms with Gasteiger partial charge in [0.05, 0.1) is 25.1 Å². The van der Waals surface area contributed by atoms with Gasteiger partial charge >= 0.3 is 6.09 Å². The van der Waals surface area contributed by atoms with Crippen LogP contribution in [0.5, 0.6) is 0 Å². The number of nitrogens with one attached hydrogen (secondary N) is 1. The Morgan fingerprint density at radius 1 is 1.35 bits per heavy atom. The van der Waals surface area contributed by atoms with Gasteiger partial charge in [-0.1, -0.05) is 19.9 Å². The average molecular weight is 318 g/mol. The number of carbonyl (C=O) groups is 1. The van der Waals surface area contributed by atoms with E-state index in [9.17, 15) is 4.79 Å². The highest BCUT2D eigenvalue weighted by Gasteiger charge is 2.15. The molecule has 2 rings (SSSR count). The van der Waals surface area contributed by atoms with Crippen molar-refractivity contribution in [2.24, 2.45) is 0 Å². The van der Waals surface area contributed by atoms with Gasteiger partial charge in [-0.05, 0) is 32.4 Å². The number of nitrogens with zero attached hydrogens (tertiary/aromatic N) is 3. The van der Waals surface area contributed by atoms with E-state index in [0.29, 0.717) is 13.1 Å². The molecule has 23 heavy (non-hydrogen) atoms. The Morgan fingerprint density at radius 3 is 2.70 bits per heavy atom. The highest BCUT2D eigenvalue weighted by atomic mass is 16.6. The third-order valence-corrected chi connectivity index (χ3v) is 2.59. The van der Waals surface area contributed by atoms with Crippen molar-refractivity contribution in [2.45, 2.75) is 53.3 Å². The highest BCUT2D eigenvalue weighted by molar-refractivity contribution is 5.67. The molecule has 0 aromatic carbocycles. The molecule has 0 saturated carbocycles. The third-order valence-electron chi connectivity index (χ3n) is 2.59. The first-order valence-corrected chi connectivity index (χ1v) is 7.79. The van der Waals surface area contributed by atoms with E-state index in [0.717, 1.165) is 11.3 Å². The van der Waals surface area contributed by atoms with Crippen LogP contribution in [0.3, 0.4) is 0 Å². The first kappa shape index (κ1) is 18.7. The van der Waals surface area contributed by atoms with E-state index in [1.54, 1.807) is 12.5 Å². The minimum atomic E-state index is -0.496. The standard InChI is InChI=1S/C15H20N4O2.C2H6/c1-15(2,3)21-14(20)17-8-13-10-19(11-18-13)9-12-5-4-6-16-7-12;1-2/h4-7,10-11H,8-9H2,1-3H3,(H,17,20);1-2H3. The fraction of sp³-hybridized carbons (Fsp3) is 0.471. The van der Waals surface area contributed by atoms with Crippen LogP contribution in [0, 0.1) is 0 Å². The lowest BCUT2D eigenvalue weighted by atomic mass is 10.2. The third kappa shape index (κ3) is 7.44. The summed E-state index contributed by atoms with van der Waals surface area (Å²) in [7, 11) is 0. The summed E-state index contributed by atoms with van der Waals surface area (Å²) < 4.78 is 7.12. The summed E-state index contributed by atoms with van der Waals surface area (Å²) >= 11 is 0. The van der Waals surface area contributed by atoms with E-state index in [1.807, 2.05) is 63.7 Å². The summed E-state index contributed by atoms with van der Waals surface area (Å²) in [6, 6.07) is 3.91. The molecule has 2 aromatic rings. The van der Waals surface area contributed by atoms with Crippen LogP contribution < -0.4 is 5.32 Å². The van der Waals surface area contributed by atoms with Crippen molar-refractivity contribution >= 4 is 6.09 Å². The quantitative estimate of drug-likeness (QED) is 0.938. The second kappa shape index (κ2) is 8.92. The number of hydrogen-bond acceptors (Lipinski definition) is 4. The molecule has 0 fully saturated rings. The molecule has 0 radical (unpaired) electrons. The van der Waals surface area contributed by atoms with Crippen molar-refractivity contribution < 1.29 is 9.53 Å². The Balaban J connectivity index is 0.00000127. The van der Waals surface area contributed by atoms with Crippen LogP contribution in [0.1, 0.15) is 45.9 Å². The van der Waals surface area contributed by atoms with Crippen LogP contribution in [0.2, 0.25) is 0 Å². The van der Waals surface area contributed by atoms with Crippen molar-refractivity contribution in [3.05, 3.63) is 48.3 Å². The van der Waals surface area contributed by atoms with E-state index in [4.69, 9.17) is 4.74 Å². The van der Waals surface area contributed by atoms with Gasteiger partial charge in [0, 0.05) is 18.6 Å². The number of pyridine rings is 1. The number of hydrogen-bond donors (Lipinski definition) is 1. The molecule has 6 nitrogen and oxygen atoms in total. The fourth-order valence-corrected chi connectivity index (χ4v) is 1.76. The Labute approximate surface area is 137 Å². The molecule has 0 unspecified atom stereocenters. The van der Waals surface area contributed by atoms with Crippen LogP contribution in [0.25, 0.3) is 0 Å². The predicted molar refractivity (Wildman–Crippen MR) is 90.0 cm³/mol. The SMILES string of the molecule is CC.CC(C)(C)OC(=O)NCc1cn(Cc2cccnc2)cn1. The fourth-order valence-electron chi connectivity index (χ4n) is 1.76. The number of alkyl carbamates (subject to hydrolysis) is 1. The lowest BCUT2D eigenvalue weighted by molar-refractivity contribution is 0.0523. The highest BCUT2D eigenvalue weighted by Crippen LogP contribution is 2.07. The number of rotatable bonds is 4. The molecule has 2 heterocycles. The molecule has 126 valence electrons. The molecule has 2 aromatic heterocycles. The zero-order valence-corrected chi connectivity index (χ0v) is 14.5. The predicted octanol–water partition coefficient (Wildman–Crippen LogP) is 3.38. The van der Waals surface area contributed by atoms with Crippen molar-refractivity contribution in [1.82, 2.24) is 19.9 Å². The van der Waals surface area contributed by atoms with E-state index in [-0.39, 0.29) is 0 Å². The lowest BCUT2D eigenvalue weighted by Gasteiger charge is -2.19. The van der Waals surface area contributed by atoms with Crippen molar-refractivity contribution in [3.63, 3.8) is 0 Å². The molecule has 0 bridgehead atoms. The monoisotopic (exact) mass is 318 g/mol. The second-order valence-corrected chi connectivity index (χ2v) is 5.75. The van der Waals surface area contributed by atoms with Crippen LogP contribution in [0.4, 0.5) is 4.79 Å². The molecule has 6 heteroatoms. The average Bonchev–Trinajstić information content (AvgIpc) is 2.94. The molecule has 0 aliphatic heterocycles. The zero-order valence-electron chi connectivity index (χ0n) is 14.5. The Bertz CT molecular complexity index is 588. The first-order chi connectivity index (χ1) is 10.9. The van der Waals surface area contributed by atoms with Gasteiger partial charge in [-0.25, -0.2) is 9.78 Å². The minimum Gasteiger partial charge on any atom is -0.444 e. The summed E-state index contributed by atoms with van der Waals surface area (Å²) in [4.78, 5) is 19.9. The van der Waals surface area contributed by atoms with Gasteiger partial charge in [0.25, 0.3) is 0 Å². The summed E-state index contributed by atoms with van der Waals surface area (Å²) in [5.74, 6) is 0. The van der Waals surface area contributed by atoms with Crippen molar-refractivity contribution in [2.75, 3.05) is 0 Å². The van der Waals surface area contributed by atoms with Crippen LogP contribution in [-0.4, -0.2) is 26.2 Å². The Kier molecular flexibility index (Phi) is 7.25. The Morgan fingerprint density at radius 2 is 2.09 bits per heavy atom. The largest absolute Gasteiger partial charge is 0.444 e. The summed E-state index contributed by atoms with van der Waals surface area (Å²) in [6.07, 6.45) is 6.75. The smallest absolute Gasteiger partial charge is 0.407 e. The van der Waals surface area contributed by atoms with Crippen molar-refractivity contribution in [1.29, 1.82) is 0 Å². The van der Waals surface area contributed by atoms with Gasteiger partial charge in [-0.2, -0.15) is 0 Å². The molecule has 1 amide bonds. The number of amides is 1. The van der Waals surface area contributed by atoms with Crippen LogP contribution in [0.15, 0.2) is 37.1 Å². The maximum absolute atomic E-state index is 11.6. The van der Waals surface area contributed by atoms with Gasteiger partial charge in [-0.15, -0.1) is 0 Å². The van der Waals surface area contributed by atoms with Crippen LogP contribution >= 0.6 is 0 Å². The van der Waals surface area contributed by atoms with E-state index in [2.05, 4.69) is 15.3 Å². The van der Waals surface area contributed by atoms with Gasteiger partial charge in [0.15, 0.2) is 0 Å². The summed E-state index contributed by atoms with van der Waals surface area (Å²) in [6.45, 7) is 10.5. The van der Waals surface area contributed by atoms with E-state index in [1.165, 1.54) is 0 Å². The number of imidazole rings is 1. The molecule has 0 aliphatic rings. The maximum atomic E-state index is 11.6. The summed E-state index contributed by atoms with van der Waals surface area (Å²) in [5, 5.41) is 2.68. The Hall–Kier alpha value is -2.37. The lowest BCUT2D eigenvalue weighted by Crippen LogP contribution is -2.32. The molecular formula is C17H26N4O2. The topological polar surface area (TPSA) is 69.0 Å². The molecular weight excluding hydrogens is 292 g/mol. The molecule has 0 saturated heterocycles. The zero-order chi connectivity index (χ0) is 17.3. The van der Waals surface area contributed by atoms with Gasteiger partial charge in [0.1, 0.15) is 5.60 Å². The first-order valence-electron chi connectivity index (χ1n) is 7.79. The molecule has 1 N–H and O–H groups in total. The summed E-state index contributed by atoms with van der Waals surface area (Å²) in [5.41, 5.74) is 1.38. The van der Waals surface area contributed by atoms with Crippen molar-refractivity contribution in [3.8, 4) is 0 Å². The van der Waals surface area contributed by atoms with Crippen LogP contribution in [-0.2, 0) is 17.8 Å². The number of aromatic nitrogens is 3.